The van der Waals surface area contributed by atoms with E-state index in [0.717, 1.165) is 60.1 Å². The smallest absolute Gasteiger partial charge is 0.343 e. The molecule has 5 aromatic rings. The first-order valence-electron chi connectivity index (χ1n) is 23.8. The van der Waals surface area contributed by atoms with Gasteiger partial charge in [0.2, 0.25) is 0 Å². The molecule has 338 valence electrons. The summed E-state index contributed by atoms with van der Waals surface area (Å²) >= 11 is 0. The van der Waals surface area contributed by atoms with E-state index in [1.165, 1.54) is 109 Å². The molecule has 0 aliphatic carbocycles. The van der Waals surface area contributed by atoms with Crippen LogP contribution in [0.15, 0.2) is 131 Å². The summed E-state index contributed by atoms with van der Waals surface area (Å²) in [5.74, 6) is 1.14. The molecule has 8 nitrogen and oxygen atoms in total. The fraction of sp³-hybridized carbons (Fsp3) is 0.393. The Bertz CT molecular complexity index is 2130. The van der Waals surface area contributed by atoms with E-state index in [1.807, 2.05) is 60.7 Å². The first-order valence-corrected chi connectivity index (χ1v) is 23.8. The van der Waals surface area contributed by atoms with Crippen molar-refractivity contribution in [1.82, 2.24) is 0 Å². The molecule has 5 rings (SSSR count). The minimum absolute atomic E-state index is 0.256. The number of hydrogen-bond acceptors (Lipinski definition) is 8. The van der Waals surface area contributed by atoms with E-state index in [9.17, 15) is 9.59 Å². The van der Waals surface area contributed by atoms with Crippen LogP contribution in [0.3, 0.4) is 0 Å². The molecule has 0 unspecified atom stereocenters. The van der Waals surface area contributed by atoms with Crippen LogP contribution in [0.2, 0.25) is 0 Å². The fourth-order valence-electron chi connectivity index (χ4n) is 7.10. The highest BCUT2D eigenvalue weighted by Crippen LogP contribution is 2.24. The topological polar surface area (TPSA) is 95.8 Å². The Morgan fingerprint density at radius 2 is 0.750 bits per heavy atom. The predicted octanol–water partition coefficient (Wildman–Crippen LogP) is 15.4. The third-order valence-electron chi connectivity index (χ3n) is 11.0. The van der Waals surface area contributed by atoms with E-state index in [4.69, 9.17) is 18.9 Å². The summed E-state index contributed by atoms with van der Waals surface area (Å²) in [7, 11) is 0. The minimum atomic E-state index is -0.532. The molecule has 0 fully saturated rings. The zero-order chi connectivity index (χ0) is 44.9. The van der Waals surface area contributed by atoms with E-state index < -0.39 is 11.9 Å². The van der Waals surface area contributed by atoms with Crippen molar-refractivity contribution < 1.29 is 28.5 Å². The van der Waals surface area contributed by atoms with Crippen molar-refractivity contribution in [2.75, 3.05) is 13.2 Å². The Balaban J connectivity index is 0.978. The monoisotopic (exact) mass is 865 g/mol. The highest BCUT2D eigenvalue weighted by molar-refractivity contribution is 5.93. The fourth-order valence-corrected chi connectivity index (χ4v) is 7.10. The zero-order valence-corrected chi connectivity index (χ0v) is 38.2. The molecule has 8 heteroatoms. The maximum atomic E-state index is 13.0. The Kier molecular flexibility index (Phi) is 22.5. The van der Waals surface area contributed by atoms with Crippen LogP contribution in [-0.4, -0.2) is 37.6 Å². The molecule has 0 heterocycles. The van der Waals surface area contributed by atoms with E-state index in [2.05, 4.69) is 23.8 Å². The number of rotatable bonds is 30. The van der Waals surface area contributed by atoms with Gasteiger partial charge in [-0.2, -0.15) is 0 Å². The molecule has 0 aliphatic rings. The lowest BCUT2D eigenvalue weighted by Gasteiger charge is -2.08. The van der Waals surface area contributed by atoms with Crippen molar-refractivity contribution in [1.29, 1.82) is 0 Å². The van der Waals surface area contributed by atoms with Gasteiger partial charge in [-0.15, -0.1) is 0 Å². The van der Waals surface area contributed by atoms with Gasteiger partial charge in [0.05, 0.1) is 35.7 Å². The first-order chi connectivity index (χ1) is 31.5. The van der Waals surface area contributed by atoms with Crippen molar-refractivity contribution in [2.24, 2.45) is 9.98 Å². The van der Waals surface area contributed by atoms with Gasteiger partial charge in [-0.05, 0) is 109 Å². The second-order valence-electron chi connectivity index (χ2n) is 16.4. The zero-order valence-electron chi connectivity index (χ0n) is 38.2. The molecule has 0 aliphatic heterocycles. The molecule has 64 heavy (non-hydrogen) atoms. The van der Waals surface area contributed by atoms with Gasteiger partial charge in [-0.1, -0.05) is 147 Å². The molecule has 0 spiro atoms. The number of carbonyl (C=O) groups excluding carboxylic acids is 2. The third-order valence-corrected chi connectivity index (χ3v) is 11.0. The van der Waals surface area contributed by atoms with E-state index in [-0.39, 0.29) is 11.5 Å². The summed E-state index contributed by atoms with van der Waals surface area (Å²) in [4.78, 5) is 35.1. The molecule has 0 saturated heterocycles. The van der Waals surface area contributed by atoms with Gasteiger partial charge in [-0.25, -0.2) is 9.59 Å². The largest absolute Gasteiger partial charge is 0.494 e. The van der Waals surface area contributed by atoms with Gasteiger partial charge in [0.25, 0.3) is 0 Å². The van der Waals surface area contributed by atoms with Crippen LogP contribution in [0.1, 0.15) is 161 Å². The summed E-state index contributed by atoms with van der Waals surface area (Å²) < 4.78 is 23.0. The van der Waals surface area contributed by atoms with Gasteiger partial charge in [0.15, 0.2) is 0 Å². The molecule has 0 bridgehead atoms. The first kappa shape index (κ1) is 49.0. The van der Waals surface area contributed by atoms with Crippen LogP contribution < -0.4 is 18.9 Å². The van der Waals surface area contributed by atoms with Gasteiger partial charge in [0.1, 0.15) is 23.0 Å². The summed E-state index contributed by atoms with van der Waals surface area (Å²) in [6, 6.07) is 35.9. The van der Waals surface area contributed by atoms with Crippen molar-refractivity contribution in [3.05, 3.63) is 144 Å². The molecule has 0 aromatic heterocycles. The maximum Gasteiger partial charge on any atom is 0.343 e. The molecule has 0 atom stereocenters. The third kappa shape index (κ3) is 19.2. The number of unbranched alkanes of at least 4 members (excludes halogenated alkanes) is 16. The number of aliphatic imine (C=N–C) groups is 2. The number of carbonyl (C=O) groups is 2. The quantitative estimate of drug-likeness (QED) is 0.0197. The maximum absolute atomic E-state index is 13.0. The summed E-state index contributed by atoms with van der Waals surface area (Å²) in [5.41, 5.74) is 4.05. The second-order valence-corrected chi connectivity index (χ2v) is 16.4. The standard InChI is InChI=1S/C56H68N2O6/c1-3-5-7-9-11-12-13-14-15-16-18-20-41-62-52-38-34-50(35-39-52)58-44-46-26-30-48(31-27-46)56(60)64-54-23-21-22-53(42-54)63-55(59)47-28-24-45(25-29-47)43-57-49-32-36-51(37-33-49)61-40-19-17-10-8-6-4-2/h21-39,42-44H,3-20,40-41H2,1-2H3. The van der Waals surface area contributed by atoms with Crippen molar-refractivity contribution in [3.8, 4) is 23.0 Å². The number of benzene rings is 5. The number of ether oxygens (including phenoxy) is 4. The van der Waals surface area contributed by atoms with E-state index in [1.54, 1.807) is 67.0 Å². The van der Waals surface area contributed by atoms with Crippen LogP contribution in [0.5, 0.6) is 23.0 Å². The minimum Gasteiger partial charge on any atom is -0.494 e. The Morgan fingerprint density at radius 1 is 0.406 bits per heavy atom. The molecular weight excluding hydrogens is 797 g/mol. The van der Waals surface area contributed by atoms with Crippen LogP contribution in [-0.2, 0) is 0 Å². The molecular formula is C56H68N2O6. The average Bonchev–Trinajstić information content (AvgIpc) is 3.32. The lowest BCUT2D eigenvalue weighted by atomic mass is 10.1. The van der Waals surface area contributed by atoms with Crippen LogP contribution in [0, 0.1) is 0 Å². The predicted molar refractivity (Wildman–Crippen MR) is 262 cm³/mol. The van der Waals surface area contributed by atoms with Crippen molar-refractivity contribution in [2.45, 2.75) is 129 Å². The second kappa shape index (κ2) is 29.4. The number of hydrogen-bond donors (Lipinski definition) is 0. The van der Waals surface area contributed by atoms with Crippen LogP contribution in [0.4, 0.5) is 11.4 Å². The highest BCUT2D eigenvalue weighted by Gasteiger charge is 2.12. The van der Waals surface area contributed by atoms with Gasteiger partial charge in [-0.3, -0.25) is 9.98 Å². The Labute approximate surface area is 382 Å². The average molecular weight is 865 g/mol. The van der Waals surface area contributed by atoms with Gasteiger partial charge in [0, 0.05) is 18.5 Å². The number of esters is 2. The van der Waals surface area contributed by atoms with Crippen molar-refractivity contribution in [3.63, 3.8) is 0 Å². The van der Waals surface area contributed by atoms with E-state index in [0.29, 0.717) is 11.1 Å². The number of nitrogens with zero attached hydrogens (tertiary/aromatic N) is 2. The molecule has 0 radical (unpaired) electrons. The molecule has 0 amide bonds. The highest BCUT2D eigenvalue weighted by atomic mass is 16.5. The lowest BCUT2D eigenvalue weighted by molar-refractivity contribution is 0.0732. The Hall–Kier alpha value is -6.02. The SMILES string of the molecule is CCCCCCCCCCCCCCOc1ccc(N=Cc2ccc(C(=O)Oc3cccc(OC(=O)c4ccc(C=Nc5ccc(OCCCCCCCC)cc5)cc4)c3)cc2)cc1. The van der Waals surface area contributed by atoms with Gasteiger partial charge < -0.3 is 18.9 Å². The van der Waals surface area contributed by atoms with E-state index >= 15 is 0 Å². The molecule has 0 saturated carbocycles. The van der Waals surface area contributed by atoms with Crippen LogP contribution >= 0.6 is 0 Å². The van der Waals surface area contributed by atoms with Crippen molar-refractivity contribution >= 4 is 35.7 Å². The lowest BCUT2D eigenvalue weighted by Crippen LogP contribution is -2.10. The summed E-state index contributed by atoms with van der Waals surface area (Å²) in [6.07, 6.45) is 26.8. The molecule has 5 aromatic carbocycles. The molecule has 0 N–H and O–H groups in total. The van der Waals surface area contributed by atoms with Crippen LogP contribution in [0.25, 0.3) is 0 Å². The van der Waals surface area contributed by atoms with Gasteiger partial charge >= 0.3 is 11.9 Å². The normalized spacial score (nSPS) is 11.3. The summed E-state index contributed by atoms with van der Waals surface area (Å²) in [5, 5.41) is 0. The Morgan fingerprint density at radius 3 is 1.11 bits per heavy atom. The summed E-state index contributed by atoms with van der Waals surface area (Å²) in [6.45, 7) is 5.95.